The third kappa shape index (κ3) is 4.89. The fourth-order valence-corrected chi connectivity index (χ4v) is 3.13. The Bertz CT molecular complexity index is 693. The highest BCUT2D eigenvalue weighted by Gasteiger charge is 2.32. The number of halogens is 1. The van der Waals surface area contributed by atoms with Crippen LogP contribution in [-0.4, -0.2) is 45.5 Å². The van der Waals surface area contributed by atoms with E-state index in [-0.39, 0.29) is 35.6 Å². The van der Waals surface area contributed by atoms with E-state index in [1.165, 1.54) is 0 Å². The molecule has 6 nitrogen and oxygen atoms in total. The van der Waals surface area contributed by atoms with E-state index in [9.17, 15) is 0 Å². The van der Waals surface area contributed by atoms with Gasteiger partial charge in [0.25, 0.3) is 0 Å². The molecule has 1 aliphatic rings. The molecule has 1 aliphatic heterocycles. The highest BCUT2D eigenvalue weighted by atomic mass is 127. The Morgan fingerprint density at radius 1 is 1.31 bits per heavy atom. The molecule has 0 saturated carbocycles. The summed E-state index contributed by atoms with van der Waals surface area (Å²) >= 11 is 0. The summed E-state index contributed by atoms with van der Waals surface area (Å²) in [5.41, 5.74) is 0.702. The van der Waals surface area contributed by atoms with Crippen LogP contribution in [0.2, 0.25) is 0 Å². The smallest absolute Gasteiger partial charge is 0.191 e. The van der Waals surface area contributed by atoms with E-state index in [1.54, 1.807) is 14.2 Å². The predicted octanol–water partition coefficient (Wildman–Crippen LogP) is 3.47. The minimum atomic E-state index is -0.196. The van der Waals surface area contributed by atoms with E-state index in [0.29, 0.717) is 6.54 Å². The first-order valence-corrected chi connectivity index (χ1v) is 8.74. The van der Waals surface area contributed by atoms with Crippen LogP contribution in [0.5, 0.6) is 0 Å². The molecule has 3 rings (SSSR count). The molecule has 2 heterocycles. The van der Waals surface area contributed by atoms with E-state index in [1.807, 2.05) is 18.2 Å². The number of nitrogens with one attached hydrogen (secondary N) is 2. The molecular weight excluding hydrogens is 445 g/mol. The quantitative estimate of drug-likeness (QED) is 0.396. The number of hydrogen-bond acceptors (Lipinski definition) is 4. The van der Waals surface area contributed by atoms with Crippen LogP contribution in [-0.2, 0) is 9.47 Å². The molecule has 1 atom stereocenters. The maximum atomic E-state index is 5.92. The van der Waals surface area contributed by atoms with E-state index < -0.39 is 0 Å². The highest BCUT2D eigenvalue weighted by molar-refractivity contribution is 14.0. The second-order valence-electron chi connectivity index (χ2n) is 6.48. The van der Waals surface area contributed by atoms with E-state index >= 15 is 0 Å². The zero-order valence-electron chi connectivity index (χ0n) is 15.6. The largest absolute Gasteiger partial charge is 0.459 e. The van der Waals surface area contributed by atoms with Gasteiger partial charge in [-0.25, -0.2) is 0 Å². The van der Waals surface area contributed by atoms with Crippen molar-refractivity contribution in [2.24, 2.45) is 4.99 Å². The molecular formula is C19H28IN3O3. The number of fused-ring (bicyclic) bond motifs is 1. The van der Waals surface area contributed by atoms with Gasteiger partial charge in [-0.05, 0) is 19.1 Å². The number of nitrogens with zero attached hydrogens (tertiary/aromatic N) is 1. The van der Waals surface area contributed by atoms with Gasteiger partial charge in [-0.1, -0.05) is 18.2 Å². The van der Waals surface area contributed by atoms with Crippen LogP contribution in [0.15, 0.2) is 39.7 Å². The van der Waals surface area contributed by atoms with Crippen molar-refractivity contribution < 1.29 is 13.9 Å². The monoisotopic (exact) mass is 473 g/mol. The maximum absolute atomic E-state index is 5.92. The number of hydrogen-bond donors (Lipinski definition) is 2. The van der Waals surface area contributed by atoms with E-state index in [2.05, 4.69) is 34.7 Å². The van der Waals surface area contributed by atoms with Gasteiger partial charge >= 0.3 is 0 Å². The number of furan rings is 1. The van der Waals surface area contributed by atoms with Gasteiger partial charge in [0.15, 0.2) is 5.96 Å². The first-order valence-electron chi connectivity index (χ1n) is 8.74. The van der Waals surface area contributed by atoms with Crippen molar-refractivity contribution in [1.29, 1.82) is 0 Å². The SMILES string of the molecule is CN=C(NCC1(OC)CCOCC1)NC(C)c1cc2ccccc2o1.I. The van der Waals surface area contributed by atoms with E-state index in [0.717, 1.165) is 48.7 Å². The van der Waals surface area contributed by atoms with Crippen molar-refractivity contribution in [3.05, 3.63) is 36.1 Å². The molecule has 0 radical (unpaired) electrons. The molecule has 1 unspecified atom stereocenters. The van der Waals surface area contributed by atoms with Crippen molar-refractivity contribution in [2.45, 2.75) is 31.4 Å². The highest BCUT2D eigenvalue weighted by Crippen LogP contribution is 2.25. The van der Waals surface area contributed by atoms with Crippen molar-refractivity contribution >= 4 is 40.9 Å². The summed E-state index contributed by atoms with van der Waals surface area (Å²) in [4.78, 5) is 4.32. The molecule has 1 fully saturated rings. The summed E-state index contributed by atoms with van der Waals surface area (Å²) in [6, 6.07) is 10.1. The van der Waals surface area contributed by atoms with Crippen LogP contribution >= 0.6 is 24.0 Å². The normalized spacial score (nSPS) is 18.2. The number of methoxy groups -OCH3 is 1. The molecule has 0 spiro atoms. The first-order chi connectivity index (χ1) is 12.2. The van der Waals surface area contributed by atoms with Crippen molar-refractivity contribution in [3.8, 4) is 0 Å². The zero-order chi connectivity index (χ0) is 17.7. The molecule has 144 valence electrons. The summed E-state index contributed by atoms with van der Waals surface area (Å²) in [7, 11) is 3.53. The lowest BCUT2D eigenvalue weighted by Gasteiger charge is -2.36. The molecule has 0 bridgehead atoms. The molecule has 1 saturated heterocycles. The first kappa shape index (κ1) is 21.0. The van der Waals surface area contributed by atoms with Crippen LogP contribution in [0.1, 0.15) is 31.6 Å². The summed E-state index contributed by atoms with van der Waals surface area (Å²) in [6.07, 6.45) is 1.76. The van der Waals surface area contributed by atoms with Gasteiger partial charge in [-0.15, -0.1) is 24.0 Å². The third-order valence-electron chi connectivity index (χ3n) is 4.86. The molecule has 1 aromatic heterocycles. The van der Waals surface area contributed by atoms with Crippen LogP contribution in [0, 0.1) is 0 Å². The lowest BCUT2D eigenvalue weighted by molar-refractivity contribution is -0.0855. The molecule has 7 heteroatoms. The van der Waals surface area contributed by atoms with Gasteiger partial charge < -0.3 is 24.5 Å². The average Bonchev–Trinajstić information content (AvgIpc) is 3.10. The summed E-state index contributed by atoms with van der Waals surface area (Å²) in [5, 5.41) is 7.87. The molecule has 1 aromatic carbocycles. The molecule has 0 amide bonds. The Balaban J connectivity index is 0.00000243. The Morgan fingerprint density at radius 3 is 2.69 bits per heavy atom. The maximum Gasteiger partial charge on any atom is 0.191 e. The minimum Gasteiger partial charge on any atom is -0.459 e. The molecule has 2 N–H and O–H groups in total. The second-order valence-corrected chi connectivity index (χ2v) is 6.48. The minimum absolute atomic E-state index is 0. The Labute approximate surface area is 171 Å². The summed E-state index contributed by atoms with van der Waals surface area (Å²) < 4.78 is 17.1. The summed E-state index contributed by atoms with van der Waals surface area (Å²) in [6.45, 7) is 4.22. The average molecular weight is 473 g/mol. The van der Waals surface area contributed by atoms with Gasteiger partial charge in [0, 0.05) is 52.1 Å². The lowest BCUT2D eigenvalue weighted by Crippen LogP contribution is -2.51. The Hall–Kier alpha value is -1.32. The van der Waals surface area contributed by atoms with Gasteiger partial charge in [0.2, 0.25) is 0 Å². The topological polar surface area (TPSA) is 68.0 Å². The van der Waals surface area contributed by atoms with Gasteiger partial charge in [0.05, 0.1) is 11.6 Å². The van der Waals surface area contributed by atoms with Crippen molar-refractivity contribution in [3.63, 3.8) is 0 Å². The molecule has 2 aromatic rings. The third-order valence-corrected chi connectivity index (χ3v) is 4.86. The number of ether oxygens (including phenoxy) is 2. The summed E-state index contributed by atoms with van der Waals surface area (Å²) in [5.74, 6) is 1.62. The number of rotatable bonds is 5. The molecule has 0 aliphatic carbocycles. The number of para-hydroxylation sites is 1. The van der Waals surface area contributed by atoms with Crippen LogP contribution < -0.4 is 10.6 Å². The number of guanidine groups is 1. The van der Waals surface area contributed by atoms with Crippen LogP contribution in [0.4, 0.5) is 0 Å². The lowest BCUT2D eigenvalue weighted by atomic mass is 9.94. The fourth-order valence-electron chi connectivity index (χ4n) is 3.13. The van der Waals surface area contributed by atoms with Gasteiger partial charge in [-0.2, -0.15) is 0 Å². The van der Waals surface area contributed by atoms with E-state index in [4.69, 9.17) is 13.9 Å². The van der Waals surface area contributed by atoms with Gasteiger partial charge in [-0.3, -0.25) is 4.99 Å². The predicted molar refractivity (Wildman–Crippen MR) is 114 cm³/mol. The Kier molecular flexibility index (Phi) is 7.72. The van der Waals surface area contributed by atoms with Crippen molar-refractivity contribution in [2.75, 3.05) is 33.9 Å². The van der Waals surface area contributed by atoms with Crippen molar-refractivity contribution in [1.82, 2.24) is 10.6 Å². The molecule has 26 heavy (non-hydrogen) atoms. The Morgan fingerprint density at radius 2 is 2.04 bits per heavy atom. The number of aliphatic imine (C=N–C) groups is 1. The fraction of sp³-hybridized carbons (Fsp3) is 0.526. The van der Waals surface area contributed by atoms with Crippen LogP contribution in [0.25, 0.3) is 11.0 Å². The van der Waals surface area contributed by atoms with Crippen LogP contribution in [0.3, 0.4) is 0 Å². The zero-order valence-corrected chi connectivity index (χ0v) is 17.9. The van der Waals surface area contributed by atoms with Gasteiger partial charge in [0.1, 0.15) is 11.3 Å². The number of benzene rings is 1. The standard InChI is InChI=1S/C19H27N3O3.HI/c1-14(17-12-15-6-4-5-7-16(15)25-17)22-18(20-2)21-13-19(23-3)8-10-24-11-9-19;/h4-7,12,14H,8-11,13H2,1-3H3,(H2,20,21,22);1H. The second kappa shape index (κ2) is 9.57.